The summed E-state index contributed by atoms with van der Waals surface area (Å²) in [5.74, 6) is 0.686. The van der Waals surface area contributed by atoms with Gasteiger partial charge in [0.15, 0.2) is 0 Å². The Morgan fingerprint density at radius 1 is 0.655 bits per heavy atom. The predicted octanol–water partition coefficient (Wildman–Crippen LogP) is 3.08. The van der Waals surface area contributed by atoms with Gasteiger partial charge in [-0.25, -0.2) is 0 Å². The Labute approximate surface area is 178 Å². The highest BCUT2D eigenvalue weighted by atomic mass is 28.4. The molecule has 9 heteroatoms. The van der Waals surface area contributed by atoms with Crippen molar-refractivity contribution < 1.29 is 31.3 Å². The van der Waals surface area contributed by atoms with Crippen LogP contribution >= 0.6 is 0 Å². The number of hydrogen-bond donors (Lipinski definition) is 0. The Bertz CT molecular complexity index is 552. The average Bonchev–Trinajstić information content (AvgIpc) is 2.69. The van der Waals surface area contributed by atoms with Crippen molar-refractivity contribution in [3.05, 3.63) is 23.8 Å². The smallest absolute Gasteiger partial charge is 0.496 e. The second kappa shape index (κ2) is 13.5. The van der Waals surface area contributed by atoms with Gasteiger partial charge in [-0.15, -0.1) is 0 Å². The molecule has 0 fully saturated rings. The molecule has 0 aliphatic carbocycles. The summed E-state index contributed by atoms with van der Waals surface area (Å²) in [6.07, 6.45) is 0. The van der Waals surface area contributed by atoms with Crippen LogP contribution in [-0.4, -0.2) is 64.4 Å². The molecule has 1 rings (SSSR count). The van der Waals surface area contributed by atoms with Crippen molar-refractivity contribution in [3.63, 3.8) is 0 Å². The van der Waals surface area contributed by atoms with Gasteiger partial charge in [-0.3, -0.25) is 0 Å². The molecule has 0 spiro atoms. The first-order chi connectivity index (χ1) is 14.0. The van der Waals surface area contributed by atoms with Crippen molar-refractivity contribution in [1.82, 2.24) is 0 Å². The molecule has 0 radical (unpaired) electrons. The van der Waals surface area contributed by atoms with Crippen molar-refractivity contribution in [2.45, 2.75) is 47.6 Å². The van der Waals surface area contributed by atoms with Crippen molar-refractivity contribution >= 4 is 22.8 Å². The van der Waals surface area contributed by atoms with Gasteiger partial charge >= 0.3 is 17.6 Å². The van der Waals surface area contributed by atoms with Crippen LogP contribution in [-0.2, 0) is 32.6 Å². The highest BCUT2D eigenvalue weighted by Gasteiger charge is 2.48. The molecule has 0 aliphatic rings. The number of ether oxygens (including phenoxy) is 1. The third kappa shape index (κ3) is 6.86. The average molecular weight is 447 g/mol. The molecule has 0 atom stereocenters. The summed E-state index contributed by atoms with van der Waals surface area (Å²) < 4.78 is 42.3. The molecule has 0 saturated carbocycles. The lowest BCUT2D eigenvalue weighted by Crippen LogP contribution is -2.57. The maximum absolute atomic E-state index is 6.10. The van der Waals surface area contributed by atoms with E-state index >= 15 is 0 Å². The zero-order valence-corrected chi connectivity index (χ0v) is 21.0. The zero-order valence-electron chi connectivity index (χ0n) is 19.0. The molecule has 7 nitrogen and oxygen atoms in total. The van der Waals surface area contributed by atoms with Gasteiger partial charge in [0.1, 0.15) is 5.75 Å². The van der Waals surface area contributed by atoms with Crippen LogP contribution in [0.25, 0.3) is 0 Å². The van der Waals surface area contributed by atoms with Crippen LogP contribution in [0.4, 0.5) is 0 Å². The molecule has 0 unspecified atom stereocenters. The van der Waals surface area contributed by atoms with Gasteiger partial charge in [-0.2, -0.15) is 0 Å². The van der Waals surface area contributed by atoms with E-state index in [-0.39, 0.29) is 0 Å². The summed E-state index contributed by atoms with van der Waals surface area (Å²) in [5.41, 5.74) is 0.933. The predicted molar refractivity (Wildman–Crippen MR) is 118 cm³/mol. The first-order valence-electron chi connectivity index (χ1n) is 10.5. The fourth-order valence-corrected chi connectivity index (χ4v) is 8.62. The lowest BCUT2D eigenvalue weighted by Gasteiger charge is -2.32. The van der Waals surface area contributed by atoms with Gasteiger partial charge in [-0.1, -0.05) is 18.2 Å². The minimum Gasteiger partial charge on any atom is -0.496 e. The molecule has 1 aromatic carbocycles. The van der Waals surface area contributed by atoms with Crippen LogP contribution in [0.5, 0.6) is 5.75 Å². The Balaban J connectivity index is 3.50. The summed E-state index contributed by atoms with van der Waals surface area (Å²) in [4.78, 5) is 0. The lowest BCUT2D eigenvalue weighted by atomic mass is 10.2. The van der Waals surface area contributed by atoms with Crippen molar-refractivity contribution in [2.75, 3.05) is 46.8 Å². The SMILES string of the molecule is CCO[Si](Cc1cccc([Si](OCC)(OCC)OCC)c1OC)(OCC)OCC. The van der Waals surface area contributed by atoms with Crippen molar-refractivity contribution in [2.24, 2.45) is 0 Å². The molecule has 0 bridgehead atoms. The molecular weight excluding hydrogens is 408 g/mol. The van der Waals surface area contributed by atoms with Gasteiger partial charge in [0.2, 0.25) is 0 Å². The summed E-state index contributed by atoms with van der Waals surface area (Å²) in [7, 11) is -4.39. The molecule has 0 saturated heterocycles. The monoisotopic (exact) mass is 446 g/mol. The summed E-state index contributed by atoms with van der Waals surface area (Å²) in [6.45, 7) is 14.7. The fraction of sp³-hybridized carbons (Fsp3) is 0.700. The Morgan fingerprint density at radius 2 is 1.10 bits per heavy atom. The van der Waals surface area contributed by atoms with E-state index in [1.54, 1.807) is 7.11 Å². The quantitative estimate of drug-likeness (QED) is 0.362. The first-order valence-corrected chi connectivity index (χ1v) is 14.2. The molecule has 0 amide bonds. The van der Waals surface area contributed by atoms with Gasteiger partial charge in [-0.05, 0) is 47.1 Å². The molecule has 0 heterocycles. The highest BCUT2D eigenvalue weighted by molar-refractivity contribution is 6.76. The van der Waals surface area contributed by atoms with E-state index in [4.69, 9.17) is 31.3 Å². The Kier molecular flexibility index (Phi) is 12.2. The molecule has 168 valence electrons. The van der Waals surface area contributed by atoms with Crippen LogP contribution in [0, 0.1) is 0 Å². The topological polar surface area (TPSA) is 64.6 Å². The molecule has 1 aromatic rings. The Morgan fingerprint density at radius 3 is 1.48 bits per heavy atom. The van der Waals surface area contributed by atoms with E-state index in [1.165, 1.54) is 0 Å². The third-order valence-electron chi connectivity index (χ3n) is 4.13. The van der Waals surface area contributed by atoms with Gasteiger partial charge in [0.05, 0.1) is 12.3 Å². The number of para-hydroxylation sites is 1. The maximum atomic E-state index is 6.10. The van der Waals surface area contributed by atoms with E-state index < -0.39 is 17.6 Å². The van der Waals surface area contributed by atoms with Gasteiger partial charge in [0, 0.05) is 45.7 Å². The van der Waals surface area contributed by atoms with Crippen LogP contribution in [0.2, 0.25) is 0 Å². The molecule has 0 aliphatic heterocycles. The van der Waals surface area contributed by atoms with Gasteiger partial charge < -0.3 is 31.3 Å². The minimum atomic E-state index is -3.13. The van der Waals surface area contributed by atoms with Crippen LogP contribution in [0.3, 0.4) is 0 Å². The third-order valence-corrected chi connectivity index (χ3v) is 10.2. The Hall–Kier alpha value is -0.786. The second-order valence-corrected chi connectivity index (χ2v) is 11.1. The normalized spacial score (nSPS) is 12.4. The van der Waals surface area contributed by atoms with E-state index in [2.05, 4.69) is 0 Å². The number of benzene rings is 1. The summed E-state index contributed by atoms with van der Waals surface area (Å²) in [6, 6.07) is 6.42. The number of rotatable bonds is 16. The molecule has 0 aromatic heterocycles. The number of hydrogen-bond acceptors (Lipinski definition) is 7. The second-order valence-electron chi connectivity index (χ2n) is 6.01. The van der Waals surface area contributed by atoms with E-state index in [1.807, 2.05) is 59.7 Å². The summed E-state index contributed by atoms with van der Waals surface area (Å²) in [5, 5.41) is 0.815. The summed E-state index contributed by atoms with van der Waals surface area (Å²) >= 11 is 0. The maximum Gasteiger partial charge on any atom is 0.541 e. The molecule has 0 N–H and O–H groups in total. The minimum absolute atomic E-state index is 0.481. The van der Waals surface area contributed by atoms with E-state index in [9.17, 15) is 0 Å². The van der Waals surface area contributed by atoms with Crippen LogP contribution in [0.15, 0.2) is 18.2 Å². The number of methoxy groups -OCH3 is 1. The zero-order chi connectivity index (χ0) is 21.8. The van der Waals surface area contributed by atoms with Gasteiger partial charge in [0.25, 0.3) is 0 Å². The first kappa shape index (κ1) is 26.2. The standard InChI is InChI=1S/C20H38O7Si2/c1-8-22-28(23-9-2,24-10-3)17-18-15-14-16-19(20(18)21-7)29(25-11-4,26-12-5)27-13-6/h14-16H,8-13,17H2,1-7H3. The van der Waals surface area contributed by atoms with E-state index in [0.717, 1.165) is 10.8 Å². The molecular formula is C20H38O7Si2. The van der Waals surface area contributed by atoms with Crippen molar-refractivity contribution in [3.8, 4) is 5.75 Å². The van der Waals surface area contributed by atoms with Crippen LogP contribution < -0.4 is 9.92 Å². The lowest BCUT2D eigenvalue weighted by molar-refractivity contribution is 0.0700. The van der Waals surface area contributed by atoms with E-state index in [0.29, 0.717) is 51.4 Å². The fourth-order valence-electron chi connectivity index (χ4n) is 3.31. The van der Waals surface area contributed by atoms with Crippen molar-refractivity contribution in [1.29, 1.82) is 0 Å². The van der Waals surface area contributed by atoms with Crippen LogP contribution in [0.1, 0.15) is 47.1 Å². The largest absolute Gasteiger partial charge is 0.541 e. The molecule has 29 heavy (non-hydrogen) atoms. The highest BCUT2D eigenvalue weighted by Crippen LogP contribution is 2.27.